The summed E-state index contributed by atoms with van der Waals surface area (Å²) >= 11 is 0. The Morgan fingerprint density at radius 3 is 2.27 bits per heavy atom. The highest BCUT2D eigenvalue weighted by Crippen LogP contribution is 2.26. The molecule has 6 nitrogen and oxygen atoms in total. The number of carbonyl (C=O) groups is 2. The van der Waals surface area contributed by atoms with E-state index < -0.39 is 5.60 Å². The lowest BCUT2D eigenvalue weighted by Gasteiger charge is -2.33. The Morgan fingerprint density at radius 2 is 1.73 bits per heavy atom. The van der Waals surface area contributed by atoms with E-state index in [0.717, 1.165) is 37.2 Å². The summed E-state index contributed by atoms with van der Waals surface area (Å²) < 4.78 is 11.5. The number of nitrogens with zero attached hydrogens (tertiary/aromatic N) is 2. The molecule has 142 valence electrons. The number of hydrogen-bond acceptors (Lipinski definition) is 4. The fraction of sp³-hybridized carbons (Fsp3) is 0.600. The Balaban J connectivity index is 1.49. The van der Waals surface area contributed by atoms with Crippen molar-refractivity contribution in [1.82, 2.24) is 4.90 Å². The van der Waals surface area contributed by atoms with Crippen molar-refractivity contribution in [3.8, 4) is 5.75 Å². The largest absolute Gasteiger partial charge is 0.490 e. The topological polar surface area (TPSA) is 59.1 Å². The minimum absolute atomic E-state index is 0.0907. The monoisotopic (exact) mass is 360 g/mol. The van der Waals surface area contributed by atoms with Gasteiger partial charge in [0.2, 0.25) is 5.91 Å². The van der Waals surface area contributed by atoms with Crippen LogP contribution in [-0.2, 0) is 9.53 Å². The molecule has 1 aromatic rings. The zero-order chi connectivity index (χ0) is 18.7. The summed E-state index contributed by atoms with van der Waals surface area (Å²) in [7, 11) is 0. The summed E-state index contributed by atoms with van der Waals surface area (Å²) in [5.41, 5.74) is 0.461. The summed E-state index contributed by atoms with van der Waals surface area (Å²) in [4.78, 5) is 27.5. The third kappa shape index (κ3) is 4.68. The van der Waals surface area contributed by atoms with E-state index >= 15 is 0 Å². The lowest BCUT2D eigenvalue weighted by atomic mass is 10.1. The smallest absolute Gasteiger partial charge is 0.410 e. The van der Waals surface area contributed by atoms with Crippen LogP contribution in [0.1, 0.15) is 46.5 Å². The van der Waals surface area contributed by atoms with Gasteiger partial charge in [-0.15, -0.1) is 0 Å². The number of carbonyl (C=O) groups excluding carboxylic acids is 2. The van der Waals surface area contributed by atoms with Gasteiger partial charge >= 0.3 is 6.09 Å². The van der Waals surface area contributed by atoms with Crippen molar-refractivity contribution in [3.63, 3.8) is 0 Å². The maximum Gasteiger partial charge on any atom is 0.410 e. The van der Waals surface area contributed by atoms with Gasteiger partial charge in [-0.3, -0.25) is 4.79 Å². The summed E-state index contributed by atoms with van der Waals surface area (Å²) in [5.74, 6) is 0.990. The molecule has 0 spiro atoms. The van der Waals surface area contributed by atoms with Gasteiger partial charge in [-0.1, -0.05) is 0 Å². The van der Waals surface area contributed by atoms with Crippen LogP contribution in [0.15, 0.2) is 24.3 Å². The number of benzene rings is 1. The first kappa shape index (κ1) is 18.5. The molecular weight excluding hydrogens is 332 g/mol. The second-order valence-electron chi connectivity index (χ2n) is 7.93. The zero-order valence-corrected chi connectivity index (χ0v) is 15.9. The van der Waals surface area contributed by atoms with Crippen molar-refractivity contribution in [1.29, 1.82) is 0 Å². The molecule has 26 heavy (non-hydrogen) atoms. The number of anilines is 1. The number of hydrogen-bond donors (Lipinski definition) is 0. The fourth-order valence-corrected chi connectivity index (χ4v) is 3.30. The van der Waals surface area contributed by atoms with E-state index in [9.17, 15) is 9.59 Å². The Morgan fingerprint density at radius 1 is 1.08 bits per heavy atom. The molecule has 2 aliphatic heterocycles. The third-order valence-corrected chi connectivity index (χ3v) is 4.62. The third-order valence-electron chi connectivity index (χ3n) is 4.62. The fourth-order valence-electron chi connectivity index (χ4n) is 3.30. The zero-order valence-electron chi connectivity index (χ0n) is 15.9. The van der Waals surface area contributed by atoms with Gasteiger partial charge < -0.3 is 19.3 Å². The van der Waals surface area contributed by atoms with Crippen LogP contribution in [0.3, 0.4) is 0 Å². The van der Waals surface area contributed by atoms with Crippen molar-refractivity contribution in [2.75, 3.05) is 24.5 Å². The molecule has 0 aliphatic carbocycles. The molecule has 0 bridgehead atoms. The number of likely N-dealkylation sites (tertiary alicyclic amines) is 1. The molecule has 0 aromatic heterocycles. The van der Waals surface area contributed by atoms with Gasteiger partial charge in [-0.2, -0.15) is 0 Å². The van der Waals surface area contributed by atoms with Gasteiger partial charge in [0.05, 0.1) is 0 Å². The van der Waals surface area contributed by atoms with Gasteiger partial charge in [-0.05, 0) is 51.5 Å². The highest BCUT2D eigenvalue weighted by atomic mass is 16.6. The highest BCUT2D eigenvalue weighted by Gasteiger charge is 2.28. The Hall–Kier alpha value is -2.24. The molecule has 2 amide bonds. The van der Waals surface area contributed by atoms with Crippen molar-refractivity contribution >= 4 is 17.7 Å². The standard InChI is InChI=1S/C20H28N2O4/c1-20(2,3)26-19(24)21-13-10-17(11-14-21)25-16-8-6-15(7-9-16)22-12-4-5-18(22)23/h6-9,17H,4-5,10-14H2,1-3H3. The van der Waals surface area contributed by atoms with Crippen LogP contribution in [0.5, 0.6) is 5.75 Å². The van der Waals surface area contributed by atoms with Crippen LogP contribution in [0.25, 0.3) is 0 Å². The molecule has 0 unspecified atom stereocenters. The number of rotatable bonds is 3. The highest BCUT2D eigenvalue weighted by molar-refractivity contribution is 5.95. The van der Waals surface area contributed by atoms with Crippen molar-refractivity contribution < 1.29 is 19.1 Å². The molecule has 0 N–H and O–H groups in total. The minimum Gasteiger partial charge on any atom is -0.490 e. The number of amides is 2. The van der Waals surface area contributed by atoms with Crippen LogP contribution in [0.4, 0.5) is 10.5 Å². The first-order chi connectivity index (χ1) is 12.3. The van der Waals surface area contributed by atoms with Crippen molar-refractivity contribution in [3.05, 3.63) is 24.3 Å². The second kappa shape index (κ2) is 7.56. The molecular formula is C20H28N2O4. The summed E-state index contributed by atoms with van der Waals surface area (Å²) in [6, 6.07) is 7.71. The predicted octanol–water partition coefficient (Wildman–Crippen LogP) is 3.59. The maximum atomic E-state index is 12.1. The molecule has 2 fully saturated rings. The summed E-state index contributed by atoms with van der Waals surface area (Å²) in [6.45, 7) is 7.70. The van der Waals surface area contributed by atoms with Crippen molar-refractivity contribution in [2.45, 2.75) is 58.2 Å². The summed E-state index contributed by atoms with van der Waals surface area (Å²) in [5, 5.41) is 0. The molecule has 2 saturated heterocycles. The molecule has 2 aliphatic rings. The van der Waals surface area contributed by atoms with Gasteiger partial charge in [0.1, 0.15) is 17.5 Å². The molecule has 1 aromatic carbocycles. The van der Waals surface area contributed by atoms with E-state index in [-0.39, 0.29) is 18.1 Å². The normalized spacial score (nSPS) is 19.0. The van der Waals surface area contributed by atoms with Crippen LogP contribution in [0, 0.1) is 0 Å². The molecule has 0 saturated carbocycles. The van der Waals surface area contributed by atoms with E-state index in [1.54, 1.807) is 4.90 Å². The van der Waals surface area contributed by atoms with Gasteiger partial charge in [-0.25, -0.2) is 4.79 Å². The lowest BCUT2D eigenvalue weighted by molar-refractivity contribution is -0.117. The van der Waals surface area contributed by atoms with Gasteiger partial charge in [0.25, 0.3) is 0 Å². The average molecular weight is 360 g/mol. The number of ether oxygens (including phenoxy) is 2. The molecule has 0 atom stereocenters. The minimum atomic E-state index is -0.469. The quantitative estimate of drug-likeness (QED) is 0.826. The van der Waals surface area contributed by atoms with E-state index in [2.05, 4.69) is 0 Å². The van der Waals surface area contributed by atoms with Crippen LogP contribution >= 0.6 is 0 Å². The predicted molar refractivity (Wildman–Crippen MR) is 99.5 cm³/mol. The second-order valence-corrected chi connectivity index (χ2v) is 7.93. The van der Waals surface area contributed by atoms with E-state index in [1.165, 1.54) is 0 Å². The Kier molecular flexibility index (Phi) is 5.39. The number of piperidine rings is 1. The Bertz CT molecular complexity index is 643. The maximum absolute atomic E-state index is 12.1. The van der Waals surface area contributed by atoms with Gasteiger partial charge in [0.15, 0.2) is 0 Å². The van der Waals surface area contributed by atoms with Gasteiger partial charge in [0, 0.05) is 44.6 Å². The SMILES string of the molecule is CC(C)(C)OC(=O)N1CCC(Oc2ccc(N3CCCC3=O)cc2)CC1. The molecule has 6 heteroatoms. The van der Waals surface area contributed by atoms with E-state index in [1.807, 2.05) is 49.9 Å². The molecule has 0 radical (unpaired) electrons. The van der Waals surface area contributed by atoms with Crippen LogP contribution < -0.4 is 9.64 Å². The van der Waals surface area contributed by atoms with Crippen LogP contribution in [0.2, 0.25) is 0 Å². The molecule has 3 rings (SSSR count). The summed E-state index contributed by atoms with van der Waals surface area (Å²) in [6.07, 6.45) is 2.96. The average Bonchev–Trinajstić information content (AvgIpc) is 3.01. The van der Waals surface area contributed by atoms with E-state index in [4.69, 9.17) is 9.47 Å². The van der Waals surface area contributed by atoms with E-state index in [0.29, 0.717) is 19.5 Å². The lowest BCUT2D eigenvalue weighted by Crippen LogP contribution is -2.44. The Labute approximate surface area is 155 Å². The first-order valence-electron chi connectivity index (χ1n) is 9.37. The van der Waals surface area contributed by atoms with Crippen LogP contribution in [-0.4, -0.2) is 48.2 Å². The molecule has 2 heterocycles. The van der Waals surface area contributed by atoms with Crippen molar-refractivity contribution in [2.24, 2.45) is 0 Å². The first-order valence-corrected chi connectivity index (χ1v) is 9.37.